The smallest absolute Gasteiger partial charge is 0.242 e. The monoisotopic (exact) mass is 536 g/mol. The normalized spacial score (nSPS) is 21.1. The maximum atomic E-state index is 13.1. The van der Waals surface area contributed by atoms with Gasteiger partial charge in [0.25, 0.3) is 0 Å². The first-order chi connectivity index (χ1) is 16.8. The zero-order valence-corrected chi connectivity index (χ0v) is 21.6. The van der Waals surface area contributed by atoms with Gasteiger partial charge in [0.2, 0.25) is 21.8 Å². The van der Waals surface area contributed by atoms with Crippen LogP contribution in [-0.2, 0) is 19.6 Å². The van der Waals surface area contributed by atoms with Gasteiger partial charge in [-0.05, 0) is 56.0 Å². The van der Waals surface area contributed by atoms with Gasteiger partial charge in [-0.3, -0.25) is 9.59 Å². The molecule has 1 aromatic carbocycles. The number of rotatable bonds is 9. The summed E-state index contributed by atoms with van der Waals surface area (Å²) >= 11 is 7.14. The van der Waals surface area contributed by atoms with E-state index in [9.17, 15) is 18.0 Å². The van der Waals surface area contributed by atoms with Crippen LogP contribution < -0.4 is 10.0 Å². The first kappa shape index (κ1) is 25.7. The fourth-order valence-electron chi connectivity index (χ4n) is 4.44. The van der Waals surface area contributed by atoms with Gasteiger partial charge in [-0.15, -0.1) is 11.3 Å². The van der Waals surface area contributed by atoms with Crippen LogP contribution in [0.4, 0.5) is 5.69 Å². The third-order valence-electron chi connectivity index (χ3n) is 6.18. The molecule has 1 aromatic heterocycles. The quantitative estimate of drug-likeness (QED) is 0.512. The van der Waals surface area contributed by atoms with Crippen LogP contribution in [0, 0.1) is 0 Å². The molecule has 4 rings (SSSR count). The SMILES string of the molecule is O=C1C(NS(=O)(=O)/C=C/c2ccc(Cl)s2)CCCN1CC(=O)N1CCCC1CNc1ccccc1. The first-order valence-corrected chi connectivity index (χ1v) is 14.4. The molecule has 2 aliphatic rings. The summed E-state index contributed by atoms with van der Waals surface area (Å²) in [7, 11) is -3.83. The third kappa shape index (κ3) is 7.07. The Kier molecular flexibility index (Phi) is 8.48. The Morgan fingerprint density at radius 3 is 2.63 bits per heavy atom. The Hall–Kier alpha value is -2.40. The molecule has 0 spiro atoms. The number of anilines is 1. The van der Waals surface area contributed by atoms with E-state index in [-0.39, 0.29) is 24.4 Å². The Morgan fingerprint density at radius 2 is 1.89 bits per heavy atom. The fourth-order valence-corrected chi connectivity index (χ4v) is 6.51. The lowest BCUT2D eigenvalue weighted by molar-refractivity contribution is -0.143. The molecule has 3 heterocycles. The van der Waals surface area contributed by atoms with Gasteiger partial charge >= 0.3 is 0 Å². The van der Waals surface area contributed by atoms with Crippen LogP contribution in [0.2, 0.25) is 4.34 Å². The molecule has 0 radical (unpaired) electrons. The fraction of sp³-hybridized carbons (Fsp3) is 0.417. The molecule has 0 saturated carbocycles. The highest BCUT2D eigenvalue weighted by Crippen LogP contribution is 2.23. The van der Waals surface area contributed by atoms with Gasteiger partial charge in [-0.2, -0.15) is 4.72 Å². The number of sulfonamides is 1. The topological polar surface area (TPSA) is 98.8 Å². The molecular formula is C24H29ClN4O4S2. The van der Waals surface area contributed by atoms with Crippen molar-refractivity contribution in [2.45, 2.75) is 37.8 Å². The molecule has 2 aliphatic heterocycles. The lowest BCUT2D eigenvalue weighted by Gasteiger charge is -2.34. The van der Waals surface area contributed by atoms with Crippen molar-refractivity contribution in [3.8, 4) is 0 Å². The number of likely N-dealkylation sites (tertiary alicyclic amines) is 2. The Bertz CT molecular complexity index is 1170. The highest BCUT2D eigenvalue weighted by atomic mass is 35.5. The van der Waals surface area contributed by atoms with Crippen molar-refractivity contribution in [3.63, 3.8) is 0 Å². The molecule has 11 heteroatoms. The van der Waals surface area contributed by atoms with E-state index in [1.807, 2.05) is 35.2 Å². The van der Waals surface area contributed by atoms with Crippen molar-refractivity contribution in [2.24, 2.45) is 0 Å². The number of nitrogens with zero attached hydrogens (tertiary/aromatic N) is 2. The maximum absolute atomic E-state index is 13.1. The lowest BCUT2D eigenvalue weighted by atomic mass is 10.1. The summed E-state index contributed by atoms with van der Waals surface area (Å²) in [5, 5.41) is 4.42. The van der Waals surface area contributed by atoms with Gasteiger partial charge < -0.3 is 15.1 Å². The molecule has 35 heavy (non-hydrogen) atoms. The van der Waals surface area contributed by atoms with Gasteiger partial charge in [0, 0.05) is 41.6 Å². The summed E-state index contributed by atoms with van der Waals surface area (Å²) in [5.74, 6) is -0.465. The van der Waals surface area contributed by atoms with Crippen LogP contribution in [-0.4, -0.2) is 68.3 Å². The molecule has 2 fully saturated rings. The number of carbonyl (C=O) groups is 2. The van der Waals surface area contributed by atoms with Crippen molar-refractivity contribution in [2.75, 3.05) is 31.5 Å². The third-order valence-corrected chi connectivity index (χ3v) is 8.49. The van der Waals surface area contributed by atoms with Gasteiger partial charge in [0.1, 0.15) is 6.04 Å². The second-order valence-corrected chi connectivity index (χ2v) is 12.0. The molecule has 2 saturated heterocycles. The number of para-hydroxylation sites is 1. The predicted molar refractivity (Wildman–Crippen MR) is 140 cm³/mol. The van der Waals surface area contributed by atoms with Crippen molar-refractivity contribution in [3.05, 3.63) is 57.1 Å². The summed E-state index contributed by atoms with van der Waals surface area (Å²) in [6.07, 6.45) is 4.30. The number of carbonyl (C=O) groups excluding carboxylic acids is 2. The molecule has 2 N–H and O–H groups in total. The van der Waals surface area contributed by atoms with Gasteiger partial charge in [0.05, 0.1) is 10.9 Å². The Morgan fingerprint density at radius 1 is 1.11 bits per heavy atom. The molecule has 2 unspecified atom stereocenters. The highest BCUT2D eigenvalue weighted by Gasteiger charge is 2.35. The molecule has 188 valence electrons. The second kappa shape index (κ2) is 11.6. The van der Waals surface area contributed by atoms with E-state index in [1.165, 1.54) is 22.3 Å². The molecule has 2 aromatic rings. The van der Waals surface area contributed by atoms with Crippen molar-refractivity contribution >= 4 is 56.5 Å². The number of benzene rings is 1. The second-order valence-electron chi connectivity index (χ2n) is 8.69. The lowest BCUT2D eigenvalue weighted by Crippen LogP contribution is -2.55. The molecule has 0 aliphatic carbocycles. The minimum atomic E-state index is -3.83. The molecule has 0 bridgehead atoms. The zero-order chi connectivity index (χ0) is 24.8. The molecule has 2 atom stereocenters. The first-order valence-electron chi connectivity index (χ1n) is 11.6. The van der Waals surface area contributed by atoms with Crippen LogP contribution in [0.1, 0.15) is 30.6 Å². The van der Waals surface area contributed by atoms with Crippen molar-refractivity contribution < 1.29 is 18.0 Å². The summed E-state index contributed by atoms with van der Waals surface area (Å²) in [6.45, 7) is 1.71. The maximum Gasteiger partial charge on any atom is 0.242 e. The predicted octanol–water partition coefficient (Wildman–Crippen LogP) is 3.39. The van der Waals surface area contributed by atoms with E-state index in [4.69, 9.17) is 11.6 Å². The van der Waals surface area contributed by atoms with E-state index >= 15 is 0 Å². The Labute approximate surface area is 215 Å². The number of nitrogens with one attached hydrogen (secondary N) is 2. The van der Waals surface area contributed by atoms with E-state index in [2.05, 4.69) is 10.0 Å². The highest BCUT2D eigenvalue weighted by molar-refractivity contribution is 7.92. The van der Waals surface area contributed by atoms with E-state index < -0.39 is 16.1 Å². The van der Waals surface area contributed by atoms with Crippen LogP contribution in [0.3, 0.4) is 0 Å². The van der Waals surface area contributed by atoms with Crippen LogP contribution in [0.25, 0.3) is 6.08 Å². The number of hydrogen-bond acceptors (Lipinski definition) is 6. The van der Waals surface area contributed by atoms with Crippen LogP contribution in [0.5, 0.6) is 0 Å². The minimum absolute atomic E-state index is 0.0393. The van der Waals surface area contributed by atoms with E-state index in [0.717, 1.165) is 23.9 Å². The number of piperidine rings is 1. The standard InChI is InChI=1S/C24H29ClN4O4S2/c25-22-11-10-20(34-22)12-15-35(32,33)27-21-9-5-13-28(24(21)31)17-23(30)29-14-4-8-19(29)16-26-18-6-2-1-3-7-18/h1-3,6-7,10-12,15,19,21,26-27H,4-5,8-9,13-14,16-17H2/b15-12+. The van der Waals surface area contributed by atoms with E-state index in [0.29, 0.717) is 41.7 Å². The minimum Gasteiger partial charge on any atom is -0.383 e. The number of hydrogen-bond donors (Lipinski definition) is 2. The Balaban J connectivity index is 1.32. The molecule has 8 nitrogen and oxygen atoms in total. The van der Waals surface area contributed by atoms with E-state index in [1.54, 1.807) is 12.1 Å². The van der Waals surface area contributed by atoms with Gasteiger partial charge in [0.15, 0.2) is 0 Å². The summed E-state index contributed by atoms with van der Waals surface area (Å²) in [4.78, 5) is 30.1. The summed E-state index contributed by atoms with van der Waals surface area (Å²) < 4.78 is 28.1. The largest absolute Gasteiger partial charge is 0.383 e. The average Bonchev–Trinajstić information content (AvgIpc) is 3.48. The number of amides is 2. The average molecular weight is 537 g/mol. The van der Waals surface area contributed by atoms with Crippen LogP contribution >= 0.6 is 22.9 Å². The molecule has 2 amide bonds. The summed E-state index contributed by atoms with van der Waals surface area (Å²) in [5.41, 5.74) is 1.00. The number of thiophene rings is 1. The zero-order valence-electron chi connectivity index (χ0n) is 19.2. The number of halogens is 1. The van der Waals surface area contributed by atoms with Gasteiger partial charge in [-0.1, -0.05) is 29.8 Å². The van der Waals surface area contributed by atoms with Gasteiger partial charge in [-0.25, -0.2) is 8.42 Å². The van der Waals surface area contributed by atoms with Crippen molar-refractivity contribution in [1.82, 2.24) is 14.5 Å². The summed E-state index contributed by atoms with van der Waals surface area (Å²) in [6, 6.07) is 12.4. The van der Waals surface area contributed by atoms with Crippen molar-refractivity contribution in [1.29, 1.82) is 0 Å². The molecular weight excluding hydrogens is 508 g/mol. The van der Waals surface area contributed by atoms with Crippen LogP contribution in [0.15, 0.2) is 47.9 Å².